The molecule has 1 aliphatic rings. The number of nitrogens with two attached hydrogens (primary N) is 1. The molecule has 0 spiro atoms. The molecular formula is C37H36F2N4O4. The van der Waals surface area contributed by atoms with Crippen LogP contribution in [0.25, 0.3) is 16.7 Å². The van der Waals surface area contributed by atoms with E-state index in [-0.39, 0.29) is 18.7 Å². The third-order valence-electron chi connectivity index (χ3n) is 7.59. The number of fused-ring (bicyclic) bond motifs is 1. The lowest BCUT2D eigenvalue weighted by molar-refractivity contribution is -0.120. The number of nitrogens with zero attached hydrogens (tertiary/aromatic N) is 1. The van der Waals surface area contributed by atoms with Crippen molar-refractivity contribution < 1.29 is 27.9 Å². The van der Waals surface area contributed by atoms with E-state index >= 15 is 0 Å². The molecule has 0 aliphatic heterocycles. The number of hydrogen-bond donors (Lipinski definition) is 3. The molecule has 0 bridgehead atoms. The summed E-state index contributed by atoms with van der Waals surface area (Å²) in [6.45, 7) is 5.70. The first-order valence-electron chi connectivity index (χ1n) is 15.2. The van der Waals surface area contributed by atoms with Crippen LogP contribution in [-0.4, -0.2) is 28.5 Å². The number of hydrogen-bond acceptors (Lipinski definition) is 5. The molecule has 0 saturated heterocycles. The minimum absolute atomic E-state index is 0.0591. The number of allylic oxidation sites excluding steroid dienone is 1. The molecule has 47 heavy (non-hydrogen) atoms. The largest absolute Gasteiger partial charge is 0.444 e. The number of amides is 3. The molecule has 0 saturated carbocycles. The van der Waals surface area contributed by atoms with Crippen molar-refractivity contribution in [3.05, 3.63) is 130 Å². The Morgan fingerprint density at radius 3 is 2.43 bits per heavy atom. The van der Waals surface area contributed by atoms with E-state index in [2.05, 4.69) is 15.6 Å². The maximum atomic E-state index is 14.2. The zero-order valence-electron chi connectivity index (χ0n) is 26.4. The van der Waals surface area contributed by atoms with Crippen molar-refractivity contribution in [3.8, 4) is 11.1 Å². The molecule has 0 fully saturated rings. The normalized spacial score (nSPS) is 12.9. The minimum Gasteiger partial charge on any atom is -0.444 e. The number of carbonyl (C=O) groups excluding carboxylic acids is 3. The van der Waals surface area contributed by atoms with Crippen LogP contribution in [0, 0.1) is 11.6 Å². The molecule has 1 heterocycles. The van der Waals surface area contributed by atoms with E-state index in [4.69, 9.17) is 10.5 Å². The maximum absolute atomic E-state index is 14.2. The van der Waals surface area contributed by atoms with Crippen LogP contribution in [0.3, 0.4) is 0 Å². The molecule has 0 unspecified atom stereocenters. The molecular weight excluding hydrogens is 602 g/mol. The zero-order chi connectivity index (χ0) is 33.7. The quantitative estimate of drug-likeness (QED) is 0.181. The summed E-state index contributed by atoms with van der Waals surface area (Å²) >= 11 is 0. The molecule has 8 nitrogen and oxygen atoms in total. The highest BCUT2D eigenvalue weighted by Crippen LogP contribution is 2.33. The Hall–Kier alpha value is -5.38. The number of ether oxygens (including phenoxy) is 1. The van der Waals surface area contributed by atoms with E-state index in [9.17, 15) is 23.2 Å². The predicted octanol–water partition coefficient (Wildman–Crippen LogP) is 6.58. The summed E-state index contributed by atoms with van der Waals surface area (Å²) in [6.07, 6.45) is 3.83. The molecule has 242 valence electrons. The second-order valence-corrected chi connectivity index (χ2v) is 12.4. The van der Waals surface area contributed by atoms with Gasteiger partial charge in [-0.1, -0.05) is 42.5 Å². The van der Waals surface area contributed by atoms with Gasteiger partial charge >= 0.3 is 6.09 Å². The number of alkyl carbamates (subject to hydrolysis) is 1. The highest BCUT2D eigenvalue weighted by Gasteiger charge is 2.24. The van der Waals surface area contributed by atoms with Gasteiger partial charge in [0.2, 0.25) is 11.8 Å². The number of pyridine rings is 1. The van der Waals surface area contributed by atoms with Gasteiger partial charge in [-0.05, 0) is 97.3 Å². The summed E-state index contributed by atoms with van der Waals surface area (Å²) in [5.74, 6) is -2.35. The number of carbonyl (C=O) groups is 3. The van der Waals surface area contributed by atoms with Gasteiger partial charge in [0.05, 0.1) is 18.2 Å². The lowest BCUT2D eigenvalue weighted by Crippen LogP contribution is -2.32. The lowest BCUT2D eigenvalue weighted by atomic mass is 9.94. The fourth-order valence-electron chi connectivity index (χ4n) is 5.62. The summed E-state index contributed by atoms with van der Waals surface area (Å²) in [4.78, 5) is 42.1. The molecule has 10 heteroatoms. The van der Waals surface area contributed by atoms with Gasteiger partial charge in [-0.3, -0.25) is 14.6 Å². The first kappa shape index (κ1) is 33.0. The second-order valence-electron chi connectivity index (χ2n) is 12.4. The van der Waals surface area contributed by atoms with Crippen molar-refractivity contribution >= 4 is 23.5 Å². The first-order valence-corrected chi connectivity index (χ1v) is 15.2. The average molecular weight is 639 g/mol. The van der Waals surface area contributed by atoms with Crippen molar-refractivity contribution in [1.29, 1.82) is 0 Å². The van der Waals surface area contributed by atoms with Crippen molar-refractivity contribution in [3.63, 3.8) is 0 Å². The number of aromatic nitrogens is 1. The monoisotopic (exact) mass is 638 g/mol. The predicted molar refractivity (Wildman–Crippen MR) is 175 cm³/mol. The van der Waals surface area contributed by atoms with Gasteiger partial charge in [0.25, 0.3) is 0 Å². The van der Waals surface area contributed by atoms with Crippen molar-refractivity contribution in [2.24, 2.45) is 5.73 Å². The smallest absolute Gasteiger partial charge is 0.407 e. The summed E-state index contributed by atoms with van der Waals surface area (Å²) in [5, 5.41) is 5.81. The minimum atomic E-state index is -0.764. The average Bonchev–Trinajstić information content (AvgIpc) is 3.40. The molecule has 1 atom stereocenters. The van der Waals surface area contributed by atoms with Crippen molar-refractivity contribution in [2.75, 3.05) is 0 Å². The van der Waals surface area contributed by atoms with Crippen LogP contribution in [0.2, 0.25) is 0 Å². The molecule has 1 aliphatic carbocycles. The molecule has 5 rings (SSSR count). The van der Waals surface area contributed by atoms with Crippen molar-refractivity contribution in [1.82, 2.24) is 15.6 Å². The van der Waals surface area contributed by atoms with Crippen LogP contribution in [0.5, 0.6) is 0 Å². The van der Waals surface area contributed by atoms with Gasteiger partial charge in [0.1, 0.15) is 17.2 Å². The summed E-state index contributed by atoms with van der Waals surface area (Å²) in [7, 11) is 0. The van der Waals surface area contributed by atoms with Gasteiger partial charge in [-0.15, -0.1) is 0 Å². The van der Waals surface area contributed by atoms with E-state index in [1.807, 2.05) is 24.3 Å². The van der Waals surface area contributed by atoms with Gasteiger partial charge in [0, 0.05) is 29.9 Å². The number of primary amides is 1. The highest BCUT2D eigenvalue weighted by atomic mass is 19.1. The fourth-order valence-corrected chi connectivity index (χ4v) is 5.62. The second kappa shape index (κ2) is 13.9. The van der Waals surface area contributed by atoms with Crippen LogP contribution in [0.15, 0.2) is 85.1 Å². The number of halogens is 2. The fraction of sp³-hybridized carbons (Fsp3) is 0.243. The maximum Gasteiger partial charge on any atom is 0.407 e. The van der Waals surface area contributed by atoms with E-state index in [0.717, 1.165) is 28.3 Å². The van der Waals surface area contributed by atoms with Gasteiger partial charge < -0.3 is 21.1 Å². The SMILES string of the molecule is CC(C)(C)OC(=O)NCc1ccc2c(c1)CC=C2CC(=O)N[C@@H](Cc1cc(F)cc(F)c1)c1ncccc1-c1cccc(C(N)=O)c1. The van der Waals surface area contributed by atoms with Crippen molar-refractivity contribution in [2.45, 2.75) is 58.2 Å². The van der Waals surface area contributed by atoms with Gasteiger partial charge in [0.15, 0.2) is 0 Å². The van der Waals surface area contributed by atoms with E-state index in [1.54, 1.807) is 63.4 Å². The van der Waals surface area contributed by atoms with Crippen LogP contribution in [0.1, 0.15) is 71.5 Å². The van der Waals surface area contributed by atoms with Gasteiger partial charge in [-0.25, -0.2) is 13.6 Å². The Bertz CT molecular complexity index is 1850. The van der Waals surface area contributed by atoms with Crippen LogP contribution >= 0.6 is 0 Å². The third kappa shape index (κ3) is 8.66. The van der Waals surface area contributed by atoms with Gasteiger partial charge in [-0.2, -0.15) is 0 Å². The molecule has 1 aromatic heterocycles. The Balaban J connectivity index is 1.36. The summed E-state index contributed by atoms with van der Waals surface area (Å²) < 4.78 is 33.7. The molecule has 3 aromatic carbocycles. The molecule has 0 radical (unpaired) electrons. The van der Waals surface area contributed by atoms with E-state index in [0.29, 0.717) is 40.9 Å². The number of nitrogens with one attached hydrogen (secondary N) is 2. The molecule has 3 amide bonds. The first-order chi connectivity index (χ1) is 22.3. The number of benzene rings is 3. The zero-order valence-corrected chi connectivity index (χ0v) is 26.4. The van der Waals surface area contributed by atoms with Crippen LogP contribution in [-0.2, 0) is 28.9 Å². The summed E-state index contributed by atoms with van der Waals surface area (Å²) in [5.41, 5.74) is 11.0. The number of rotatable bonds is 10. The Morgan fingerprint density at radius 1 is 0.936 bits per heavy atom. The van der Waals surface area contributed by atoms with E-state index in [1.165, 1.54) is 12.1 Å². The highest BCUT2D eigenvalue weighted by molar-refractivity contribution is 5.94. The van der Waals surface area contributed by atoms with Crippen LogP contribution in [0.4, 0.5) is 13.6 Å². The Morgan fingerprint density at radius 2 is 1.70 bits per heavy atom. The third-order valence-corrected chi connectivity index (χ3v) is 7.59. The van der Waals surface area contributed by atoms with Crippen LogP contribution < -0.4 is 16.4 Å². The molecule has 4 aromatic rings. The Kier molecular flexibility index (Phi) is 9.79. The molecule has 4 N–H and O–H groups in total. The Labute approximate surface area is 272 Å². The van der Waals surface area contributed by atoms with E-state index < -0.39 is 35.3 Å². The lowest BCUT2D eigenvalue weighted by Gasteiger charge is -2.22. The topological polar surface area (TPSA) is 123 Å². The summed E-state index contributed by atoms with van der Waals surface area (Å²) in [6, 6.07) is 18.6. The standard InChI is InChI=1S/C37H36F2N4O4/c1-37(2,3)47-36(46)42-21-22-9-12-30-25(14-22)10-11-26(30)19-33(44)43-32(17-23-15-28(38)20-29(39)16-23)34-31(8-5-13-41-34)24-6-4-7-27(18-24)35(40)45/h4-9,11-16,18,20,32H,10,17,19,21H2,1-3H3,(H2,40,45)(H,42,46)(H,43,44)/t32-/m0/s1.